The monoisotopic (exact) mass is 277 g/mol. The Morgan fingerprint density at radius 1 is 1.35 bits per heavy atom. The van der Waals surface area contributed by atoms with Crippen molar-refractivity contribution in [2.75, 3.05) is 19.5 Å². The minimum atomic E-state index is -0.960. The number of nitrogens with zero attached hydrogens (tertiary/aromatic N) is 1. The van der Waals surface area contributed by atoms with Crippen molar-refractivity contribution in [2.24, 2.45) is 5.92 Å². The van der Waals surface area contributed by atoms with E-state index in [1.165, 1.54) is 7.05 Å². The third-order valence-electron chi connectivity index (χ3n) is 2.99. The topological polar surface area (TPSA) is 87.7 Å². The Kier molecular flexibility index (Phi) is 3.88. The van der Waals surface area contributed by atoms with Crippen LogP contribution in [0.1, 0.15) is 6.42 Å². The highest BCUT2D eigenvalue weighted by molar-refractivity contribution is 6.08. The predicted molar refractivity (Wildman–Crippen MR) is 70.6 cm³/mol. The average molecular weight is 277 g/mol. The fraction of sp³-hybridized carbons (Fsp3) is 0.308. The molecule has 7 heteroatoms. The van der Waals surface area contributed by atoms with Gasteiger partial charge in [-0.2, -0.15) is 0 Å². The fourth-order valence-corrected chi connectivity index (χ4v) is 1.90. The molecule has 1 aromatic rings. The highest BCUT2D eigenvalue weighted by Gasteiger charge is 2.38. The smallest absolute Gasteiger partial charge is 0.253 e. The van der Waals surface area contributed by atoms with E-state index in [0.29, 0.717) is 11.4 Å². The highest BCUT2D eigenvalue weighted by Crippen LogP contribution is 2.17. The number of hydrazine groups is 1. The zero-order valence-corrected chi connectivity index (χ0v) is 11.2. The molecule has 0 radical (unpaired) electrons. The van der Waals surface area contributed by atoms with Crippen LogP contribution < -0.4 is 15.5 Å². The van der Waals surface area contributed by atoms with Crippen molar-refractivity contribution in [2.45, 2.75) is 6.42 Å². The van der Waals surface area contributed by atoms with Crippen molar-refractivity contribution in [3.8, 4) is 5.75 Å². The van der Waals surface area contributed by atoms with Gasteiger partial charge in [-0.25, -0.2) is 0 Å². The summed E-state index contributed by atoms with van der Waals surface area (Å²) < 4.78 is 5.01. The van der Waals surface area contributed by atoms with Gasteiger partial charge < -0.3 is 10.1 Å². The number of hydrogen-bond donors (Lipinski definition) is 2. The molecule has 106 valence electrons. The van der Waals surface area contributed by atoms with Crippen LogP contribution in [0.5, 0.6) is 5.75 Å². The number of benzene rings is 1. The summed E-state index contributed by atoms with van der Waals surface area (Å²) in [6.07, 6.45) is -0.180. The molecule has 1 aliphatic rings. The van der Waals surface area contributed by atoms with Crippen molar-refractivity contribution in [3.05, 3.63) is 24.3 Å². The first kappa shape index (κ1) is 13.9. The van der Waals surface area contributed by atoms with Gasteiger partial charge in [0.25, 0.3) is 11.8 Å². The zero-order valence-electron chi connectivity index (χ0n) is 11.2. The van der Waals surface area contributed by atoms with Gasteiger partial charge in [0.2, 0.25) is 5.91 Å². The fourth-order valence-electron chi connectivity index (χ4n) is 1.90. The van der Waals surface area contributed by atoms with Crippen LogP contribution in [0.4, 0.5) is 5.69 Å². The molecule has 1 saturated heterocycles. The Morgan fingerprint density at radius 2 is 2.00 bits per heavy atom. The molecule has 0 aliphatic carbocycles. The number of anilines is 1. The number of carbonyl (C=O) groups is 3. The van der Waals surface area contributed by atoms with Crippen molar-refractivity contribution in [1.29, 1.82) is 0 Å². The average Bonchev–Trinajstić information content (AvgIpc) is 2.66. The Balaban J connectivity index is 1.95. The zero-order chi connectivity index (χ0) is 14.7. The quantitative estimate of drug-likeness (QED) is 0.766. The largest absolute Gasteiger partial charge is 0.497 e. The van der Waals surface area contributed by atoms with Crippen molar-refractivity contribution >= 4 is 23.4 Å². The van der Waals surface area contributed by atoms with Crippen LogP contribution in [0, 0.1) is 5.92 Å². The van der Waals surface area contributed by atoms with Gasteiger partial charge in [-0.3, -0.25) is 24.8 Å². The van der Waals surface area contributed by atoms with E-state index in [2.05, 4.69) is 10.7 Å². The molecule has 0 bridgehead atoms. The Bertz CT molecular complexity index is 541. The van der Waals surface area contributed by atoms with Gasteiger partial charge in [0.05, 0.1) is 7.11 Å². The van der Waals surface area contributed by atoms with Crippen LogP contribution in [-0.4, -0.2) is 36.9 Å². The molecular formula is C13H15N3O4. The van der Waals surface area contributed by atoms with Gasteiger partial charge in [0.1, 0.15) is 11.7 Å². The van der Waals surface area contributed by atoms with Crippen LogP contribution in [-0.2, 0) is 14.4 Å². The Hall–Kier alpha value is -2.57. The Morgan fingerprint density at radius 3 is 2.50 bits per heavy atom. The van der Waals surface area contributed by atoms with Gasteiger partial charge in [-0.1, -0.05) is 0 Å². The maximum Gasteiger partial charge on any atom is 0.253 e. The molecule has 1 atom stereocenters. The molecule has 0 saturated carbocycles. The van der Waals surface area contributed by atoms with Gasteiger partial charge >= 0.3 is 0 Å². The summed E-state index contributed by atoms with van der Waals surface area (Å²) in [6, 6.07) is 6.77. The van der Waals surface area contributed by atoms with Crippen LogP contribution in [0.3, 0.4) is 0 Å². The summed E-state index contributed by atoms with van der Waals surface area (Å²) in [5.41, 5.74) is 2.93. The first-order valence-corrected chi connectivity index (χ1v) is 6.03. The second kappa shape index (κ2) is 5.60. The first-order chi connectivity index (χ1) is 9.51. The standard InChI is InChI=1S/C13H15N3O4/c1-16-13(19)10(12(18)15-16)7-11(17)14-8-3-5-9(20-2)6-4-8/h3-6,10H,7H2,1-2H3,(H,14,17)(H,15,18). The van der Waals surface area contributed by atoms with E-state index in [4.69, 9.17) is 4.74 Å². The highest BCUT2D eigenvalue weighted by atomic mass is 16.5. The maximum absolute atomic E-state index is 11.8. The molecule has 1 heterocycles. The number of rotatable bonds is 4. The SMILES string of the molecule is COc1ccc(NC(=O)CC2C(=O)NN(C)C2=O)cc1. The van der Waals surface area contributed by atoms with Gasteiger partial charge in [0, 0.05) is 19.2 Å². The number of ether oxygens (including phenoxy) is 1. The summed E-state index contributed by atoms with van der Waals surface area (Å²) >= 11 is 0. The normalized spacial score (nSPS) is 17.9. The van der Waals surface area contributed by atoms with Crippen molar-refractivity contribution < 1.29 is 19.1 Å². The molecule has 20 heavy (non-hydrogen) atoms. The summed E-state index contributed by atoms with van der Waals surface area (Å²) in [4.78, 5) is 35.0. The number of nitrogens with one attached hydrogen (secondary N) is 2. The van der Waals surface area contributed by atoms with E-state index >= 15 is 0 Å². The Labute approximate surface area is 115 Å². The van der Waals surface area contributed by atoms with E-state index in [9.17, 15) is 14.4 Å². The number of amides is 3. The molecule has 1 unspecified atom stereocenters. The van der Waals surface area contributed by atoms with E-state index in [0.717, 1.165) is 5.01 Å². The summed E-state index contributed by atoms with van der Waals surface area (Å²) in [5.74, 6) is -1.53. The second-order valence-electron chi connectivity index (χ2n) is 4.41. The molecular weight excluding hydrogens is 262 g/mol. The third-order valence-corrected chi connectivity index (χ3v) is 2.99. The lowest BCUT2D eigenvalue weighted by atomic mass is 10.0. The van der Waals surface area contributed by atoms with Crippen LogP contribution in [0.25, 0.3) is 0 Å². The molecule has 1 aliphatic heterocycles. The lowest BCUT2D eigenvalue weighted by Crippen LogP contribution is -2.31. The maximum atomic E-state index is 11.8. The van der Waals surface area contributed by atoms with Crippen LogP contribution in [0.15, 0.2) is 24.3 Å². The number of carbonyl (C=O) groups excluding carboxylic acids is 3. The lowest BCUT2D eigenvalue weighted by molar-refractivity contribution is -0.134. The lowest BCUT2D eigenvalue weighted by Gasteiger charge is -2.08. The van der Waals surface area contributed by atoms with Gasteiger partial charge in [-0.15, -0.1) is 0 Å². The second-order valence-corrected chi connectivity index (χ2v) is 4.41. The van der Waals surface area contributed by atoms with E-state index < -0.39 is 17.7 Å². The van der Waals surface area contributed by atoms with Crippen molar-refractivity contribution in [3.63, 3.8) is 0 Å². The van der Waals surface area contributed by atoms with E-state index in [1.54, 1.807) is 31.4 Å². The molecule has 2 N–H and O–H groups in total. The minimum absolute atomic E-state index is 0.180. The summed E-state index contributed by atoms with van der Waals surface area (Å²) in [6.45, 7) is 0. The molecule has 0 aromatic heterocycles. The third kappa shape index (κ3) is 2.87. The minimum Gasteiger partial charge on any atom is -0.497 e. The molecule has 1 aromatic carbocycles. The van der Waals surface area contributed by atoms with E-state index in [1.807, 2.05) is 0 Å². The van der Waals surface area contributed by atoms with E-state index in [-0.39, 0.29) is 12.3 Å². The number of hydrogen-bond acceptors (Lipinski definition) is 4. The van der Waals surface area contributed by atoms with Crippen molar-refractivity contribution in [1.82, 2.24) is 10.4 Å². The summed E-state index contributed by atoms with van der Waals surface area (Å²) in [5, 5.41) is 3.72. The first-order valence-electron chi connectivity index (χ1n) is 6.03. The van der Waals surface area contributed by atoms with Crippen LogP contribution in [0.2, 0.25) is 0 Å². The summed E-state index contributed by atoms with van der Waals surface area (Å²) in [7, 11) is 3.00. The van der Waals surface area contributed by atoms with Crippen LogP contribution >= 0.6 is 0 Å². The number of methoxy groups -OCH3 is 1. The van der Waals surface area contributed by atoms with Gasteiger partial charge in [0.15, 0.2) is 0 Å². The molecule has 1 fully saturated rings. The molecule has 0 spiro atoms. The molecule has 7 nitrogen and oxygen atoms in total. The predicted octanol–water partition coefficient (Wildman–Crippen LogP) is 0.143. The molecule has 2 rings (SSSR count). The van der Waals surface area contributed by atoms with Gasteiger partial charge in [-0.05, 0) is 24.3 Å². The molecule has 3 amide bonds.